The Balaban J connectivity index is 1.51. The molecule has 1 aromatic heterocycles. The van der Waals surface area contributed by atoms with Crippen LogP contribution in [-0.4, -0.2) is 33.7 Å². The van der Waals surface area contributed by atoms with E-state index in [1.54, 1.807) is 12.1 Å². The van der Waals surface area contributed by atoms with Crippen LogP contribution < -0.4 is 9.74 Å². The third-order valence-electron chi connectivity index (χ3n) is 5.76. The van der Waals surface area contributed by atoms with Crippen LogP contribution in [0.2, 0.25) is 0 Å². The molecule has 0 atom stereocenters. The van der Waals surface area contributed by atoms with Crippen LogP contribution in [0.15, 0.2) is 72.9 Å². The van der Waals surface area contributed by atoms with E-state index in [2.05, 4.69) is 4.98 Å². The summed E-state index contributed by atoms with van der Waals surface area (Å²) in [6.07, 6.45) is 1.47. The van der Waals surface area contributed by atoms with Gasteiger partial charge in [0.25, 0.3) is 23.6 Å². The number of hydrogen-bond donors (Lipinski definition) is 0. The van der Waals surface area contributed by atoms with Crippen molar-refractivity contribution in [3.8, 4) is 5.75 Å². The van der Waals surface area contributed by atoms with Gasteiger partial charge in [-0.05, 0) is 48.5 Å². The van der Waals surface area contributed by atoms with E-state index in [4.69, 9.17) is 4.84 Å². The molecule has 2 aliphatic rings. The average molecular weight is 453 g/mol. The summed E-state index contributed by atoms with van der Waals surface area (Å²) < 4.78 is 14.1. The van der Waals surface area contributed by atoms with Crippen molar-refractivity contribution in [3.05, 3.63) is 101 Å². The second kappa shape index (κ2) is 7.04. The number of pyridine rings is 1. The van der Waals surface area contributed by atoms with E-state index in [9.17, 15) is 23.6 Å². The number of nitrogens with zero attached hydrogens (tertiary/aromatic N) is 3. The van der Waals surface area contributed by atoms with Crippen LogP contribution in [0.4, 0.5) is 10.2 Å². The van der Waals surface area contributed by atoms with Crippen LogP contribution in [0.5, 0.6) is 5.75 Å². The number of hydrogen-bond acceptors (Lipinski definition) is 6. The molecule has 0 fully saturated rings. The van der Waals surface area contributed by atoms with Crippen molar-refractivity contribution in [1.29, 1.82) is 0 Å². The van der Waals surface area contributed by atoms with Crippen molar-refractivity contribution in [3.63, 3.8) is 0 Å². The molecule has 0 N–H and O–H groups in total. The SMILES string of the molecule is O=C1c2ccc3c4c(ccc(c24)C(=O)N1Oc1ccccc1F)C(=O)N(c1ccccn1)C3=O. The normalized spacial score (nSPS) is 14.7. The first kappa shape index (κ1) is 19.7. The number of imide groups is 2. The average Bonchev–Trinajstić information content (AvgIpc) is 2.85. The molecule has 0 saturated heterocycles. The molecule has 6 rings (SSSR count). The van der Waals surface area contributed by atoms with Gasteiger partial charge in [0.1, 0.15) is 5.82 Å². The Morgan fingerprint density at radius 3 is 1.71 bits per heavy atom. The highest BCUT2D eigenvalue weighted by Gasteiger charge is 2.41. The van der Waals surface area contributed by atoms with Crippen molar-refractivity contribution < 1.29 is 28.4 Å². The van der Waals surface area contributed by atoms with E-state index in [-0.39, 0.29) is 44.6 Å². The standard InChI is InChI=1S/C25H12FN3O5/c26-17-5-1-2-6-18(17)34-29-24(32)15-10-8-13-20-14(9-11-16(21(15)20)25(29)33)23(31)28(22(13)30)19-7-3-4-12-27-19/h1-12H. The number of benzene rings is 3. The van der Waals surface area contributed by atoms with Crippen molar-refractivity contribution in [1.82, 2.24) is 10.0 Å². The van der Waals surface area contributed by atoms with Crippen molar-refractivity contribution in [2.24, 2.45) is 0 Å². The minimum atomic E-state index is -0.837. The van der Waals surface area contributed by atoms with E-state index in [1.807, 2.05) is 0 Å². The first-order valence-corrected chi connectivity index (χ1v) is 10.2. The Bertz CT molecular complexity index is 1510. The molecule has 3 heterocycles. The summed E-state index contributed by atoms with van der Waals surface area (Å²) >= 11 is 0. The molecule has 2 aliphatic heterocycles. The van der Waals surface area contributed by atoms with Gasteiger partial charge >= 0.3 is 0 Å². The molecular formula is C25H12FN3O5. The molecule has 3 aromatic carbocycles. The molecule has 9 heteroatoms. The molecule has 4 amide bonds. The second-order valence-corrected chi connectivity index (χ2v) is 7.63. The van der Waals surface area contributed by atoms with E-state index >= 15 is 0 Å². The fourth-order valence-corrected chi connectivity index (χ4v) is 4.25. The summed E-state index contributed by atoms with van der Waals surface area (Å²) in [4.78, 5) is 63.3. The molecule has 0 saturated carbocycles. The number of rotatable bonds is 3. The van der Waals surface area contributed by atoms with Gasteiger partial charge in [0, 0.05) is 28.1 Å². The molecule has 0 unspecified atom stereocenters. The number of halogens is 1. The van der Waals surface area contributed by atoms with Gasteiger partial charge in [0.15, 0.2) is 11.6 Å². The molecule has 0 aliphatic carbocycles. The summed E-state index contributed by atoms with van der Waals surface area (Å²) in [6.45, 7) is 0. The van der Waals surface area contributed by atoms with Crippen LogP contribution in [0.25, 0.3) is 10.8 Å². The number of aromatic nitrogens is 1. The molecule has 4 aromatic rings. The van der Waals surface area contributed by atoms with Crippen LogP contribution >= 0.6 is 0 Å². The highest BCUT2D eigenvalue weighted by atomic mass is 19.1. The lowest BCUT2D eigenvalue weighted by Gasteiger charge is -2.30. The number of amides is 4. The van der Waals surface area contributed by atoms with Crippen LogP contribution in [0, 0.1) is 5.82 Å². The highest BCUT2D eigenvalue weighted by molar-refractivity contribution is 6.38. The third-order valence-corrected chi connectivity index (χ3v) is 5.76. The van der Waals surface area contributed by atoms with Crippen molar-refractivity contribution >= 4 is 40.2 Å². The summed E-state index contributed by atoms with van der Waals surface area (Å²) in [5.74, 6) is -3.80. The largest absolute Gasteiger partial charge is 0.365 e. The zero-order valence-electron chi connectivity index (χ0n) is 17.2. The maximum atomic E-state index is 14.1. The molecule has 8 nitrogen and oxygen atoms in total. The molecule has 34 heavy (non-hydrogen) atoms. The number of para-hydroxylation sites is 1. The monoisotopic (exact) mass is 453 g/mol. The van der Waals surface area contributed by atoms with Crippen molar-refractivity contribution in [2.45, 2.75) is 0 Å². The highest BCUT2D eigenvalue weighted by Crippen LogP contribution is 2.39. The van der Waals surface area contributed by atoms with E-state index < -0.39 is 29.4 Å². The van der Waals surface area contributed by atoms with Gasteiger partial charge in [0.05, 0.1) is 11.1 Å². The first-order valence-electron chi connectivity index (χ1n) is 10.2. The van der Waals surface area contributed by atoms with Crippen molar-refractivity contribution in [2.75, 3.05) is 4.90 Å². The Labute approximate surface area is 190 Å². The predicted molar refractivity (Wildman–Crippen MR) is 117 cm³/mol. The molecule has 0 spiro atoms. The quantitative estimate of drug-likeness (QED) is 0.438. The fraction of sp³-hybridized carbons (Fsp3) is 0. The summed E-state index contributed by atoms with van der Waals surface area (Å²) in [7, 11) is 0. The minimum Gasteiger partial charge on any atom is -0.365 e. The van der Waals surface area contributed by atoms with Gasteiger partial charge in [-0.3, -0.25) is 19.2 Å². The van der Waals surface area contributed by atoms with Crippen LogP contribution in [-0.2, 0) is 0 Å². The fourth-order valence-electron chi connectivity index (χ4n) is 4.25. The van der Waals surface area contributed by atoms with Gasteiger partial charge in [-0.2, -0.15) is 0 Å². The van der Waals surface area contributed by atoms with E-state index in [0.29, 0.717) is 5.06 Å². The molecular weight excluding hydrogens is 441 g/mol. The van der Waals surface area contributed by atoms with Crippen LogP contribution in [0.3, 0.4) is 0 Å². The Hall–Kier alpha value is -4.92. The zero-order chi connectivity index (χ0) is 23.6. The van der Waals surface area contributed by atoms with E-state index in [0.717, 1.165) is 11.0 Å². The Morgan fingerprint density at radius 1 is 0.647 bits per heavy atom. The number of hydroxylamine groups is 2. The maximum Gasteiger partial charge on any atom is 0.295 e. The van der Waals surface area contributed by atoms with Gasteiger partial charge in [-0.1, -0.05) is 23.3 Å². The minimum absolute atomic E-state index is 0.0541. The molecule has 164 valence electrons. The lowest BCUT2D eigenvalue weighted by molar-refractivity contribution is -0.0211. The van der Waals surface area contributed by atoms with Gasteiger partial charge in [-0.25, -0.2) is 14.3 Å². The topological polar surface area (TPSA) is 96.9 Å². The summed E-state index contributed by atoms with van der Waals surface area (Å²) in [5.41, 5.74) is 0.423. The Morgan fingerprint density at radius 2 is 1.18 bits per heavy atom. The van der Waals surface area contributed by atoms with Gasteiger partial charge < -0.3 is 4.84 Å². The lowest BCUT2D eigenvalue weighted by Crippen LogP contribution is -2.44. The number of carbonyl (C=O) groups excluding carboxylic acids is 4. The first-order chi connectivity index (χ1) is 16.5. The van der Waals surface area contributed by atoms with Gasteiger partial charge in [-0.15, -0.1) is 0 Å². The number of carbonyl (C=O) groups is 4. The zero-order valence-corrected chi connectivity index (χ0v) is 17.2. The Kier molecular flexibility index (Phi) is 4.09. The maximum absolute atomic E-state index is 14.1. The lowest BCUT2D eigenvalue weighted by atomic mass is 9.86. The predicted octanol–water partition coefficient (Wildman–Crippen LogP) is 3.76. The molecule has 0 radical (unpaired) electrons. The molecule has 0 bridgehead atoms. The van der Waals surface area contributed by atoms with Crippen LogP contribution in [0.1, 0.15) is 41.4 Å². The second-order valence-electron chi connectivity index (χ2n) is 7.63. The smallest absolute Gasteiger partial charge is 0.295 e. The van der Waals surface area contributed by atoms with Gasteiger partial charge in [0.2, 0.25) is 0 Å². The number of anilines is 1. The van der Waals surface area contributed by atoms with E-state index in [1.165, 1.54) is 54.7 Å². The third kappa shape index (κ3) is 2.61. The summed E-state index contributed by atoms with van der Waals surface area (Å²) in [6, 6.07) is 15.8. The summed E-state index contributed by atoms with van der Waals surface area (Å²) in [5, 5.41) is 0.870.